The first-order valence-electron chi connectivity index (χ1n) is 9.05. The second-order valence-electron chi connectivity index (χ2n) is 6.25. The maximum atomic E-state index is 13.8. The average Bonchev–Trinajstić information content (AvgIpc) is 2.96. The minimum absolute atomic E-state index is 0.0726. The maximum Gasteiger partial charge on any atom is 0.344 e. The Kier molecular flexibility index (Phi) is 6.83. The van der Waals surface area contributed by atoms with Crippen LogP contribution in [0.15, 0.2) is 52.6 Å². The van der Waals surface area contributed by atoms with Crippen LogP contribution in [0.1, 0.15) is 18.1 Å². The van der Waals surface area contributed by atoms with Crippen molar-refractivity contribution in [1.82, 2.24) is 10.2 Å². The summed E-state index contributed by atoms with van der Waals surface area (Å²) in [5.41, 5.74) is 0.929. The topological polar surface area (TPSA) is 84.9 Å². The van der Waals surface area contributed by atoms with Gasteiger partial charge in [-0.15, -0.1) is 0 Å². The molecule has 2 aromatic rings. The first-order valence-corrected chi connectivity index (χ1v) is 9.84. The number of amides is 3. The zero-order chi connectivity index (χ0) is 21.7. The molecule has 9 heteroatoms. The molecular weight excluding hydrogens is 459 g/mol. The lowest BCUT2D eigenvalue weighted by atomic mass is 10.1. The smallest absolute Gasteiger partial charge is 0.344 e. The maximum absolute atomic E-state index is 13.8. The molecule has 0 radical (unpaired) electrons. The minimum atomic E-state index is -0.622. The Hall–Kier alpha value is -3.20. The number of nitrogens with one attached hydrogen (secondary N) is 1. The van der Waals surface area contributed by atoms with Crippen LogP contribution in [0.4, 0.5) is 9.18 Å². The van der Waals surface area contributed by atoms with Gasteiger partial charge in [-0.1, -0.05) is 24.3 Å². The van der Waals surface area contributed by atoms with Crippen LogP contribution < -0.4 is 10.1 Å². The van der Waals surface area contributed by atoms with Crippen LogP contribution in [0.3, 0.4) is 0 Å². The fraction of sp³-hybridized carbons (Fsp3) is 0.190. The number of carbonyl (C=O) groups excluding carboxylic acids is 3. The Morgan fingerprint density at radius 1 is 1.23 bits per heavy atom. The largest absolute Gasteiger partial charge is 0.481 e. The van der Waals surface area contributed by atoms with E-state index in [2.05, 4.69) is 21.2 Å². The van der Waals surface area contributed by atoms with Gasteiger partial charge >= 0.3 is 12.0 Å². The van der Waals surface area contributed by atoms with Crippen LogP contribution in [-0.2, 0) is 20.9 Å². The molecule has 1 heterocycles. The summed E-state index contributed by atoms with van der Waals surface area (Å²) in [4.78, 5) is 37.1. The Labute approximate surface area is 180 Å². The van der Waals surface area contributed by atoms with E-state index in [4.69, 9.17) is 9.47 Å². The zero-order valence-corrected chi connectivity index (χ0v) is 17.6. The Morgan fingerprint density at radius 3 is 2.70 bits per heavy atom. The summed E-state index contributed by atoms with van der Waals surface area (Å²) in [5.74, 6) is -1.10. The first kappa shape index (κ1) is 21.5. The number of hydrogen-bond acceptors (Lipinski definition) is 5. The van der Waals surface area contributed by atoms with Gasteiger partial charge in [-0.25, -0.2) is 14.0 Å². The lowest BCUT2D eigenvalue weighted by Gasteiger charge is -2.12. The van der Waals surface area contributed by atoms with Crippen LogP contribution in [0.25, 0.3) is 6.08 Å². The van der Waals surface area contributed by atoms with Crippen molar-refractivity contribution < 1.29 is 28.2 Å². The van der Waals surface area contributed by atoms with Gasteiger partial charge in [-0.2, -0.15) is 0 Å². The highest BCUT2D eigenvalue weighted by Gasteiger charge is 2.34. The van der Waals surface area contributed by atoms with E-state index < -0.39 is 23.7 Å². The summed E-state index contributed by atoms with van der Waals surface area (Å²) in [6, 6.07) is 10.3. The number of halogens is 2. The van der Waals surface area contributed by atoms with E-state index in [1.54, 1.807) is 31.2 Å². The van der Waals surface area contributed by atoms with Crippen LogP contribution in [0, 0.1) is 5.82 Å². The fourth-order valence-corrected chi connectivity index (χ4v) is 3.25. The molecule has 3 rings (SSSR count). The van der Waals surface area contributed by atoms with Crippen molar-refractivity contribution in [3.05, 3.63) is 69.6 Å². The second-order valence-corrected chi connectivity index (χ2v) is 7.11. The van der Waals surface area contributed by atoms with Crippen LogP contribution in [0.5, 0.6) is 5.75 Å². The van der Waals surface area contributed by atoms with E-state index in [-0.39, 0.29) is 31.0 Å². The molecule has 7 nitrogen and oxygen atoms in total. The number of benzene rings is 2. The number of imide groups is 1. The van der Waals surface area contributed by atoms with Gasteiger partial charge < -0.3 is 14.8 Å². The number of carbonyl (C=O) groups is 3. The molecular formula is C21H18BrFN2O5. The third-order valence-electron chi connectivity index (χ3n) is 4.17. The average molecular weight is 477 g/mol. The van der Waals surface area contributed by atoms with Crippen molar-refractivity contribution in [2.45, 2.75) is 13.5 Å². The highest BCUT2D eigenvalue weighted by molar-refractivity contribution is 9.10. The molecule has 1 N–H and O–H groups in total. The van der Waals surface area contributed by atoms with Gasteiger partial charge in [0.2, 0.25) is 0 Å². The summed E-state index contributed by atoms with van der Waals surface area (Å²) < 4.78 is 24.6. The van der Waals surface area contributed by atoms with Crippen molar-refractivity contribution >= 4 is 39.9 Å². The van der Waals surface area contributed by atoms with Gasteiger partial charge in [0, 0.05) is 5.56 Å². The number of rotatable bonds is 7. The molecule has 1 saturated heterocycles. The molecule has 156 valence electrons. The molecule has 1 aliphatic heterocycles. The predicted molar refractivity (Wildman–Crippen MR) is 110 cm³/mol. The molecule has 2 aromatic carbocycles. The zero-order valence-electron chi connectivity index (χ0n) is 16.0. The van der Waals surface area contributed by atoms with Gasteiger partial charge in [-0.3, -0.25) is 9.69 Å². The molecule has 1 fully saturated rings. The monoisotopic (exact) mass is 476 g/mol. The van der Waals surface area contributed by atoms with Gasteiger partial charge in [0.05, 0.1) is 17.6 Å². The number of hydrogen-bond donors (Lipinski definition) is 1. The normalized spacial score (nSPS) is 14.8. The molecule has 0 bridgehead atoms. The van der Waals surface area contributed by atoms with Crippen molar-refractivity contribution in [2.75, 3.05) is 13.2 Å². The van der Waals surface area contributed by atoms with Crippen molar-refractivity contribution in [1.29, 1.82) is 0 Å². The van der Waals surface area contributed by atoms with Crippen molar-refractivity contribution in [3.8, 4) is 5.75 Å². The SMILES string of the molecule is CCOC(=O)COc1ccc(C=C2NC(=O)N(Cc3ccccc3F)C2=O)cc1Br. The summed E-state index contributed by atoms with van der Waals surface area (Å²) in [6.45, 7) is 1.58. The van der Waals surface area contributed by atoms with Gasteiger partial charge in [0.15, 0.2) is 6.61 Å². The van der Waals surface area contributed by atoms with Gasteiger partial charge in [0.25, 0.3) is 5.91 Å². The standard InChI is InChI=1S/C21H18BrFN2O5/c1-2-29-19(26)12-30-18-8-7-13(9-15(18)22)10-17-20(27)25(21(28)24-17)11-14-5-3-4-6-16(14)23/h3-10H,2,11-12H2,1H3,(H,24,28). The minimum Gasteiger partial charge on any atom is -0.481 e. The van der Waals surface area contributed by atoms with Crippen LogP contribution >= 0.6 is 15.9 Å². The molecule has 3 amide bonds. The second kappa shape index (κ2) is 9.53. The highest BCUT2D eigenvalue weighted by atomic mass is 79.9. The summed E-state index contributed by atoms with van der Waals surface area (Å²) in [5, 5.41) is 2.50. The Balaban J connectivity index is 1.71. The van der Waals surface area contributed by atoms with Crippen LogP contribution in [-0.4, -0.2) is 36.0 Å². The van der Waals surface area contributed by atoms with E-state index in [1.807, 2.05) is 0 Å². The predicted octanol–water partition coefficient (Wildman–Crippen LogP) is 3.62. The lowest BCUT2D eigenvalue weighted by Crippen LogP contribution is -2.30. The summed E-state index contributed by atoms with van der Waals surface area (Å²) in [7, 11) is 0. The van der Waals surface area contributed by atoms with E-state index in [1.165, 1.54) is 24.3 Å². The fourth-order valence-electron chi connectivity index (χ4n) is 2.74. The molecule has 0 atom stereocenters. The molecule has 30 heavy (non-hydrogen) atoms. The van der Waals surface area contributed by atoms with Crippen LogP contribution in [0.2, 0.25) is 0 Å². The summed E-state index contributed by atoms with van der Waals surface area (Å²) in [6.07, 6.45) is 1.50. The third-order valence-corrected chi connectivity index (χ3v) is 4.79. The number of urea groups is 1. The Morgan fingerprint density at radius 2 is 2.00 bits per heavy atom. The van der Waals surface area contributed by atoms with Gasteiger partial charge in [0.1, 0.15) is 17.3 Å². The summed E-state index contributed by atoms with van der Waals surface area (Å²) >= 11 is 3.35. The van der Waals surface area contributed by atoms with E-state index in [9.17, 15) is 18.8 Å². The third kappa shape index (κ3) is 5.04. The quantitative estimate of drug-likeness (QED) is 0.374. The molecule has 0 spiro atoms. The van der Waals surface area contributed by atoms with E-state index in [0.29, 0.717) is 15.8 Å². The number of esters is 1. The number of ether oxygens (including phenoxy) is 2. The molecule has 0 saturated carbocycles. The molecule has 0 aliphatic carbocycles. The van der Waals surface area contributed by atoms with Crippen molar-refractivity contribution in [3.63, 3.8) is 0 Å². The molecule has 1 aliphatic rings. The van der Waals surface area contributed by atoms with E-state index in [0.717, 1.165) is 4.90 Å². The highest BCUT2D eigenvalue weighted by Crippen LogP contribution is 2.27. The number of nitrogens with zero attached hydrogens (tertiary/aromatic N) is 1. The molecule has 0 unspecified atom stereocenters. The Bertz CT molecular complexity index is 1020. The lowest BCUT2D eigenvalue weighted by molar-refractivity contribution is -0.145. The van der Waals surface area contributed by atoms with Gasteiger partial charge in [-0.05, 0) is 52.7 Å². The van der Waals surface area contributed by atoms with E-state index >= 15 is 0 Å². The van der Waals surface area contributed by atoms with Crippen molar-refractivity contribution in [2.24, 2.45) is 0 Å². The first-order chi connectivity index (χ1) is 14.4. The molecule has 0 aromatic heterocycles.